The number of fused-ring (bicyclic) bond motifs is 1. The van der Waals surface area contributed by atoms with Crippen LogP contribution < -0.4 is 23.8 Å². The van der Waals surface area contributed by atoms with Crippen molar-refractivity contribution in [1.29, 1.82) is 0 Å². The molecule has 1 heterocycles. The van der Waals surface area contributed by atoms with Gasteiger partial charge in [0.05, 0.1) is 33.0 Å². The lowest BCUT2D eigenvalue weighted by atomic mass is 10.0. The highest BCUT2D eigenvalue weighted by molar-refractivity contribution is 7.97. The van der Waals surface area contributed by atoms with Crippen molar-refractivity contribution in [2.24, 2.45) is 0 Å². The Morgan fingerprint density at radius 1 is 0.949 bits per heavy atom. The number of carbonyl (C=O) groups is 1. The highest BCUT2D eigenvalue weighted by Gasteiger charge is 2.40. The fraction of sp³-hybridized carbons (Fsp3) is 0.276. The van der Waals surface area contributed by atoms with Crippen LogP contribution in [0.5, 0.6) is 17.2 Å². The summed E-state index contributed by atoms with van der Waals surface area (Å²) in [5.41, 5.74) is 3.16. The number of anilines is 1. The molecule has 206 valence electrons. The molecule has 0 saturated heterocycles. The zero-order chi connectivity index (χ0) is 28.3. The van der Waals surface area contributed by atoms with Crippen LogP contribution in [0.4, 0.5) is 10.1 Å². The minimum atomic E-state index is -4.39. The Morgan fingerprint density at radius 2 is 1.64 bits per heavy atom. The Morgan fingerprint density at radius 3 is 2.31 bits per heavy atom. The van der Waals surface area contributed by atoms with Crippen LogP contribution in [-0.4, -0.2) is 41.7 Å². The van der Waals surface area contributed by atoms with Crippen LogP contribution in [0.2, 0.25) is 0 Å². The van der Waals surface area contributed by atoms with Gasteiger partial charge in [-0.15, -0.1) is 0 Å². The predicted octanol–water partition coefficient (Wildman–Crippen LogP) is 4.74. The number of carbonyl (C=O) groups excluding carboxylic acids is 1. The van der Waals surface area contributed by atoms with Crippen molar-refractivity contribution in [3.63, 3.8) is 0 Å². The van der Waals surface area contributed by atoms with Crippen LogP contribution in [0, 0.1) is 19.7 Å². The molecule has 0 spiro atoms. The maximum Gasteiger partial charge on any atom is 0.270 e. The number of amides is 1. The molecule has 0 aromatic heterocycles. The van der Waals surface area contributed by atoms with Gasteiger partial charge in [0.15, 0.2) is 16.4 Å². The molecule has 0 saturated carbocycles. The zero-order valence-corrected chi connectivity index (χ0v) is 23.3. The molecule has 0 fully saturated rings. The molecule has 1 aliphatic rings. The van der Waals surface area contributed by atoms with Gasteiger partial charge in [-0.05, 0) is 50.1 Å². The second-order valence-electron chi connectivity index (χ2n) is 9.15. The van der Waals surface area contributed by atoms with Crippen molar-refractivity contribution in [2.45, 2.75) is 27.3 Å². The molecule has 3 aromatic carbocycles. The largest absolute Gasteiger partial charge is 0.493 e. The molecule has 0 radical (unpaired) electrons. The van der Waals surface area contributed by atoms with Crippen LogP contribution in [0.3, 0.4) is 0 Å². The summed E-state index contributed by atoms with van der Waals surface area (Å²) >= 11 is 0. The van der Waals surface area contributed by atoms with Crippen molar-refractivity contribution in [2.75, 3.05) is 31.7 Å². The van der Waals surface area contributed by atoms with E-state index in [-0.39, 0.29) is 36.5 Å². The summed E-state index contributed by atoms with van der Waals surface area (Å²) in [4.78, 5) is 12.9. The molecule has 4 rings (SSSR count). The number of sulfonamides is 1. The van der Waals surface area contributed by atoms with Crippen LogP contribution in [0.15, 0.2) is 59.5 Å². The molecule has 10 heteroatoms. The number of ether oxygens (including phenoxy) is 3. The van der Waals surface area contributed by atoms with Gasteiger partial charge in [0.1, 0.15) is 18.2 Å². The highest BCUT2D eigenvalue weighted by atomic mass is 32.2. The Balaban J connectivity index is 1.68. The number of nitrogens with zero attached hydrogens (tertiary/aromatic N) is 1. The number of hydrogen-bond acceptors (Lipinski definition) is 6. The Bertz CT molecular complexity index is 1550. The number of hydrogen-bond donors (Lipinski definition) is 1. The van der Waals surface area contributed by atoms with Gasteiger partial charge < -0.3 is 19.5 Å². The summed E-state index contributed by atoms with van der Waals surface area (Å²) in [6.45, 7) is 5.36. The van der Waals surface area contributed by atoms with Gasteiger partial charge in [-0.3, -0.25) is 9.10 Å². The van der Waals surface area contributed by atoms with Crippen molar-refractivity contribution in [1.82, 2.24) is 5.32 Å². The molecule has 0 atom stereocenters. The standard InChI is InChI=1S/C29H31FN2O6S/c1-18-10-11-25(19(2)14-18)38-13-12-31-29(33)28-20(3)22-15-26(36-4)27(37-5)16-24(22)32(39(28,34)35)17-21-8-6-7-9-23(21)30/h6-11,14-16H,12-13,17H2,1-5H3,(H,31,33). The van der Waals surface area contributed by atoms with E-state index in [4.69, 9.17) is 14.2 Å². The maximum absolute atomic E-state index is 14.6. The smallest absolute Gasteiger partial charge is 0.270 e. The summed E-state index contributed by atoms with van der Waals surface area (Å²) in [5, 5.41) is 2.66. The fourth-order valence-electron chi connectivity index (χ4n) is 4.54. The van der Waals surface area contributed by atoms with E-state index in [1.54, 1.807) is 19.1 Å². The van der Waals surface area contributed by atoms with E-state index in [0.717, 1.165) is 15.4 Å². The number of benzene rings is 3. The lowest BCUT2D eigenvalue weighted by Gasteiger charge is -2.33. The third-order valence-corrected chi connectivity index (χ3v) is 8.43. The maximum atomic E-state index is 14.6. The normalized spacial score (nSPS) is 14.1. The lowest BCUT2D eigenvalue weighted by Crippen LogP contribution is -2.41. The molecule has 39 heavy (non-hydrogen) atoms. The monoisotopic (exact) mass is 554 g/mol. The predicted molar refractivity (Wildman–Crippen MR) is 148 cm³/mol. The van der Waals surface area contributed by atoms with E-state index < -0.39 is 26.7 Å². The number of rotatable bonds is 9. The van der Waals surface area contributed by atoms with E-state index >= 15 is 0 Å². The molecular weight excluding hydrogens is 523 g/mol. The summed E-state index contributed by atoms with van der Waals surface area (Å²) in [5.74, 6) is 0.00408. The van der Waals surface area contributed by atoms with E-state index in [9.17, 15) is 17.6 Å². The summed E-state index contributed by atoms with van der Waals surface area (Å²) in [6, 6.07) is 14.8. The first kappa shape index (κ1) is 28.0. The van der Waals surface area contributed by atoms with E-state index in [1.807, 2.05) is 32.0 Å². The lowest BCUT2D eigenvalue weighted by molar-refractivity contribution is -0.116. The Labute approximate surface area is 228 Å². The van der Waals surface area contributed by atoms with Gasteiger partial charge in [-0.2, -0.15) is 0 Å². The van der Waals surface area contributed by atoms with E-state index in [2.05, 4.69) is 5.32 Å². The molecule has 1 N–H and O–H groups in total. The van der Waals surface area contributed by atoms with Crippen molar-refractivity contribution < 1.29 is 31.8 Å². The van der Waals surface area contributed by atoms with E-state index in [0.29, 0.717) is 22.8 Å². The molecular formula is C29H31FN2O6S. The second kappa shape index (κ2) is 11.4. The van der Waals surface area contributed by atoms with Gasteiger partial charge in [0, 0.05) is 17.2 Å². The van der Waals surface area contributed by atoms with Crippen LogP contribution in [-0.2, 0) is 21.4 Å². The van der Waals surface area contributed by atoms with Gasteiger partial charge in [0.25, 0.3) is 15.9 Å². The minimum Gasteiger partial charge on any atom is -0.493 e. The third kappa shape index (κ3) is 5.56. The van der Waals surface area contributed by atoms with Gasteiger partial charge in [0.2, 0.25) is 0 Å². The summed E-state index contributed by atoms with van der Waals surface area (Å²) < 4.78 is 60.0. The van der Waals surface area contributed by atoms with Gasteiger partial charge in [-0.1, -0.05) is 35.9 Å². The quantitative estimate of drug-likeness (QED) is 0.384. The SMILES string of the molecule is COc1cc2c(cc1OC)N(Cc1ccccc1F)S(=O)(=O)C(C(=O)NCCOc1ccc(C)cc1C)=C2C. The van der Waals surface area contributed by atoms with Crippen LogP contribution in [0.1, 0.15) is 29.2 Å². The topological polar surface area (TPSA) is 94.2 Å². The molecule has 1 amide bonds. The number of nitrogens with one attached hydrogen (secondary N) is 1. The average Bonchev–Trinajstić information content (AvgIpc) is 2.90. The molecule has 0 aliphatic carbocycles. The Hall–Kier alpha value is -4.05. The van der Waals surface area contributed by atoms with Crippen molar-refractivity contribution in [3.05, 3.63) is 87.6 Å². The molecule has 3 aromatic rings. The van der Waals surface area contributed by atoms with Gasteiger partial charge in [-0.25, -0.2) is 12.8 Å². The zero-order valence-electron chi connectivity index (χ0n) is 22.5. The highest BCUT2D eigenvalue weighted by Crippen LogP contribution is 2.45. The summed E-state index contributed by atoms with van der Waals surface area (Å²) in [6.07, 6.45) is 0. The number of aryl methyl sites for hydroxylation is 2. The molecule has 0 bridgehead atoms. The van der Waals surface area contributed by atoms with Crippen LogP contribution >= 0.6 is 0 Å². The first-order valence-corrected chi connectivity index (χ1v) is 13.7. The van der Waals surface area contributed by atoms with Crippen molar-refractivity contribution >= 4 is 27.2 Å². The average molecular weight is 555 g/mol. The molecule has 0 unspecified atom stereocenters. The fourth-order valence-corrected chi connectivity index (χ4v) is 6.28. The first-order chi connectivity index (χ1) is 18.6. The second-order valence-corrected chi connectivity index (χ2v) is 11.0. The minimum absolute atomic E-state index is 0.0740. The van der Waals surface area contributed by atoms with Crippen molar-refractivity contribution in [3.8, 4) is 17.2 Å². The molecule has 8 nitrogen and oxygen atoms in total. The number of methoxy groups -OCH3 is 2. The number of allylic oxidation sites excluding steroid dienone is 1. The van der Waals surface area contributed by atoms with Gasteiger partial charge >= 0.3 is 0 Å². The number of halogens is 1. The third-order valence-electron chi connectivity index (χ3n) is 6.52. The Kier molecular flexibility index (Phi) is 8.15. The van der Waals surface area contributed by atoms with Crippen LogP contribution in [0.25, 0.3) is 5.57 Å². The summed E-state index contributed by atoms with van der Waals surface area (Å²) in [7, 11) is -1.49. The van der Waals surface area contributed by atoms with E-state index in [1.165, 1.54) is 38.5 Å². The molecule has 1 aliphatic heterocycles. The first-order valence-electron chi connectivity index (χ1n) is 12.3.